The first-order valence-corrected chi connectivity index (χ1v) is 5.89. The van der Waals surface area contributed by atoms with Gasteiger partial charge < -0.3 is 4.84 Å². The highest BCUT2D eigenvalue weighted by atomic mass is 35.5. The summed E-state index contributed by atoms with van der Waals surface area (Å²) in [6.45, 7) is 1.79. The van der Waals surface area contributed by atoms with Crippen LogP contribution in [-0.2, 0) is 4.84 Å². The van der Waals surface area contributed by atoms with Crippen molar-refractivity contribution in [1.82, 2.24) is 0 Å². The molecule has 0 spiro atoms. The minimum atomic E-state index is -1.72. The fourth-order valence-corrected chi connectivity index (χ4v) is 1.74. The lowest BCUT2D eigenvalue weighted by Gasteiger charge is -2.04. The Morgan fingerprint density at radius 2 is 2.11 bits per heavy atom. The van der Waals surface area contributed by atoms with E-state index in [0.29, 0.717) is 21.3 Å². The first-order chi connectivity index (χ1) is 8.50. The number of nitrogens with zero attached hydrogens (tertiary/aromatic N) is 1. The normalized spacial score (nSPS) is 11.3. The van der Waals surface area contributed by atoms with E-state index in [-0.39, 0.29) is 13.0 Å². The van der Waals surface area contributed by atoms with Gasteiger partial charge in [0, 0.05) is 17.0 Å². The molecule has 0 saturated carbocycles. The van der Waals surface area contributed by atoms with Gasteiger partial charge in [0.15, 0.2) is 0 Å². The van der Waals surface area contributed by atoms with Crippen LogP contribution in [0, 0.1) is 0 Å². The third kappa shape index (κ3) is 5.02. The molecule has 0 N–H and O–H groups in total. The number of oxime groups is 1. The molecular weight excluding hydrogens is 283 g/mol. The number of halogens is 4. The van der Waals surface area contributed by atoms with Crippen molar-refractivity contribution in [2.45, 2.75) is 13.3 Å². The molecule has 0 atom stereocenters. The molecule has 0 unspecified atom stereocenters. The van der Waals surface area contributed by atoms with Crippen molar-refractivity contribution in [2.75, 3.05) is 6.61 Å². The number of hydrogen-bond acceptors (Lipinski definition) is 2. The van der Waals surface area contributed by atoms with Gasteiger partial charge in [-0.15, -0.1) is 0 Å². The zero-order valence-corrected chi connectivity index (χ0v) is 11.1. The molecule has 0 radical (unpaired) electrons. The Hall–Kier alpha value is -1.13. The van der Waals surface area contributed by atoms with Crippen LogP contribution in [0.1, 0.15) is 18.9 Å². The summed E-state index contributed by atoms with van der Waals surface area (Å²) >= 11 is 11.7. The standard InChI is InChI=1S/C12H11Cl2F2NO/c1-8(17-18-6-2-3-12(15)16)10-5-4-9(13)7-11(10)14/h3-5,7H,2,6H2,1H3. The van der Waals surface area contributed by atoms with Crippen LogP contribution in [0.25, 0.3) is 0 Å². The zero-order chi connectivity index (χ0) is 13.5. The lowest BCUT2D eigenvalue weighted by atomic mass is 10.1. The van der Waals surface area contributed by atoms with E-state index >= 15 is 0 Å². The number of benzene rings is 1. The van der Waals surface area contributed by atoms with Crippen molar-refractivity contribution in [2.24, 2.45) is 5.16 Å². The van der Waals surface area contributed by atoms with Crippen LogP contribution >= 0.6 is 23.2 Å². The van der Waals surface area contributed by atoms with E-state index in [9.17, 15) is 8.78 Å². The minimum Gasteiger partial charge on any atom is -0.395 e. The quantitative estimate of drug-likeness (QED) is 0.430. The summed E-state index contributed by atoms with van der Waals surface area (Å²) in [5, 5.41) is 4.79. The van der Waals surface area contributed by atoms with Gasteiger partial charge in [-0.05, 0) is 25.1 Å². The highest BCUT2D eigenvalue weighted by Crippen LogP contribution is 2.21. The molecule has 1 aromatic carbocycles. The van der Waals surface area contributed by atoms with Crippen molar-refractivity contribution in [3.63, 3.8) is 0 Å². The van der Waals surface area contributed by atoms with E-state index < -0.39 is 6.08 Å². The maximum Gasteiger partial charge on any atom is 0.266 e. The highest BCUT2D eigenvalue weighted by molar-refractivity contribution is 6.36. The molecule has 0 amide bonds. The molecule has 6 heteroatoms. The lowest BCUT2D eigenvalue weighted by molar-refractivity contribution is 0.148. The predicted octanol–water partition coefficient (Wildman–Crippen LogP) is 4.90. The monoisotopic (exact) mass is 293 g/mol. The molecular formula is C12H11Cl2F2NO. The molecule has 98 valence electrons. The predicted molar refractivity (Wildman–Crippen MR) is 69.5 cm³/mol. The molecule has 0 aliphatic rings. The van der Waals surface area contributed by atoms with Crippen LogP contribution in [0.5, 0.6) is 0 Å². The Bertz CT molecular complexity index is 471. The summed E-state index contributed by atoms with van der Waals surface area (Å²) in [5.74, 6) is 0. The summed E-state index contributed by atoms with van der Waals surface area (Å²) in [6, 6.07) is 5.00. The average molecular weight is 294 g/mol. The lowest BCUT2D eigenvalue weighted by Crippen LogP contribution is -1.98. The van der Waals surface area contributed by atoms with Crippen molar-refractivity contribution >= 4 is 28.9 Å². The maximum absolute atomic E-state index is 11.7. The van der Waals surface area contributed by atoms with E-state index in [1.54, 1.807) is 25.1 Å². The summed E-state index contributed by atoms with van der Waals surface area (Å²) in [5.41, 5.74) is 1.25. The average Bonchev–Trinajstić information content (AvgIpc) is 2.27. The summed E-state index contributed by atoms with van der Waals surface area (Å²) < 4.78 is 23.4. The zero-order valence-electron chi connectivity index (χ0n) is 9.59. The molecule has 0 bridgehead atoms. The van der Waals surface area contributed by atoms with Crippen LogP contribution in [0.15, 0.2) is 35.5 Å². The molecule has 18 heavy (non-hydrogen) atoms. The molecule has 1 aromatic rings. The van der Waals surface area contributed by atoms with Gasteiger partial charge in [-0.3, -0.25) is 0 Å². The van der Waals surface area contributed by atoms with Crippen molar-refractivity contribution in [3.05, 3.63) is 46.0 Å². The molecule has 0 fully saturated rings. The highest BCUT2D eigenvalue weighted by Gasteiger charge is 2.04. The van der Waals surface area contributed by atoms with Gasteiger partial charge in [-0.1, -0.05) is 34.4 Å². The summed E-state index contributed by atoms with van der Waals surface area (Å²) in [7, 11) is 0. The molecule has 0 aliphatic carbocycles. The number of hydrogen-bond donors (Lipinski definition) is 0. The topological polar surface area (TPSA) is 21.6 Å². The Morgan fingerprint density at radius 3 is 2.72 bits per heavy atom. The Morgan fingerprint density at radius 1 is 1.39 bits per heavy atom. The van der Waals surface area contributed by atoms with Gasteiger partial charge in [0.2, 0.25) is 0 Å². The van der Waals surface area contributed by atoms with Gasteiger partial charge in [-0.25, -0.2) is 0 Å². The Kier molecular flexibility index (Phi) is 6.09. The second kappa shape index (κ2) is 7.34. The molecule has 0 heterocycles. The summed E-state index contributed by atoms with van der Waals surface area (Å²) in [6.07, 6.45) is -0.840. The fraction of sp³-hybridized carbons (Fsp3) is 0.250. The molecule has 0 aliphatic heterocycles. The van der Waals surface area contributed by atoms with Gasteiger partial charge >= 0.3 is 0 Å². The third-order valence-corrected chi connectivity index (χ3v) is 2.58. The van der Waals surface area contributed by atoms with E-state index in [1.807, 2.05) is 0 Å². The van der Waals surface area contributed by atoms with E-state index in [2.05, 4.69) is 5.16 Å². The van der Waals surface area contributed by atoms with E-state index in [0.717, 1.165) is 6.08 Å². The van der Waals surface area contributed by atoms with Crippen molar-refractivity contribution in [3.8, 4) is 0 Å². The first-order valence-electron chi connectivity index (χ1n) is 5.14. The van der Waals surface area contributed by atoms with Crippen LogP contribution in [-0.4, -0.2) is 12.3 Å². The van der Waals surface area contributed by atoms with Gasteiger partial charge in [0.1, 0.15) is 6.61 Å². The van der Waals surface area contributed by atoms with Crippen LogP contribution in [0.4, 0.5) is 8.78 Å². The SMILES string of the molecule is CC(=NOCCC=C(F)F)c1ccc(Cl)cc1Cl. The van der Waals surface area contributed by atoms with Gasteiger partial charge in [0.05, 0.1) is 10.7 Å². The minimum absolute atomic E-state index is 0.0832. The largest absolute Gasteiger partial charge is 0.395 e. The number of rotatable bonds is 5. The smallest absolute Gasteiger partial charge is 0.266 e. The van der Waals surface area contributed by atoms with E-state index in [4.69, 9.17) is 28.0 Å². The second-order valence-corrected chi connectivity index (χ2v) is 4.26. The molecule has 0 saturated heterocycles. The van der Waals surface area contributed by atoms with Crippen LogP contribution < -0.4 is 0 Å². The maximum atomic E-state index is 11.7. The Balaban J connectivity index is 2.58. The molecule has 0 aromatic heterocycles. The van der Waals surface area contributed by atoms with Crippen LogP contribution in [0.3, 0.4) is 0 Å². The van der Waals surface area contributed by atoms with Gasteiger partial charge in [0.25, 0.3) is 6.08 Å². The third-order valence-electron chi connectivity index (χ3n) is 2.03. The second-order valence-electron chi connectivity index (χ2n) is 3.42. The molecule has 1 rings (SSSR count). The van der Waals surface area contributed by atoms with Crippen molar-refractivity contribution < 1.29 is 13.6 Å². The van der Waals surface area contributed by atoms with Crippen LogP contribution in [0.2, 0.25) is 10.0 Å². The van der Waals surface area contributed by atoms with E-state index in [1.165, 1.54) is 0 Å². The van der Waals surface area contributed by atoms with Crippen molar-refractivity contribution in [1.29, 1.82) is 0 Å². The van der Waals surface area contributed by atoms with Gasteiger partial charge in [-0.2, -0.15) is 8.78 Å². The summed E-state index contributed by atoms with van der Waals surface area (Å²) in [4.78, 5) is 4.90. The first kappa shape index (κ1) is 14.9. The Labute approximate surface area is 114 Å². The molecule has 2 nitrogen and oxygen atoms in total. The fourth-order valence-electron chi connectivity index (χ4n) is 1.20.